The molecule has 6 rings (SSSR count). The van der Waals surface area contributed by atoms with Gasteiger partial charge in [0.1, 0.15) is 29.7 Å². The number of benzene rings is 1. The third-order valence-corrected chi connectivity index (χ3v) is 9.17. The fourth-order valence-corrected chi connectivity index (χ4v) is 6.81. The molecule has 4 heterocycles. The number of anilines is 1. The standard InChI is InChI=1S/C32H39ClFN7O3.C2H6/c1-4-41(21(2)3)31(42)24-14-22(34)6-7-27(24)44-30-29(36-20-37-38-30)40-18-32(19-40)15-23(16-32)43-28-8-11-35-26-9-13-39(12-5-10-33)17-25(26)28;1-2/h6-8,11,14,20-21,23H,4-5,9-10,12-13,15-19H2,1-3H3;1-2H3. The van der Waals surface area contributed by atoms with Crippen LogP contribution in [0.5, 0.6) is 17.4 Å². The molecule has 12 heteroatoms. The molecule has 1 saturated heterocycles. The van der Waals surface area contributed by atoms with Gasteiger partial charge in [-0.2, -0.15) is 0 Å². The summed E-state index contributed by atoms with van der Waals surface area (Å²) in [6.07, 6.45) is 7.19. The number of fused-ring (bicyclic) bond motifs is 1. The Kier molecular flexibility index (Phi) is 10.9. The van der Waals surface area contributed by atoms with E-state index in [1.165, 1.54) is 30.1 Å². The number of aromatic nitrogens is 4. The van der Waals surface area contributed by atoms with Crippen molar-refractivity contribution in [3.8, 4) is 17.4 Å². The first-order valence-electron chi connectivity index (χ1n) is 16.4. The Morgan fingerprint density at radius 1 is 1.17 bits per heavy atom. The van der Waals surface area contributed by atoms with Gasteiger partial charge in [-0.05, 0) is 70.8 Å². The highest BCUT2D eigenvalue weighted by Gasteiger charge is 2.54. The normalized spacial score (nSPS) is 17.0. The fraction of sp³-hybridized carbons (Fsp3) is 0.559. The molecule has 248 valence electrons. The van der Waals surface area contributed by atoms with Crippen LogP contribution in [-0.2, 0) is 13.0 Å². The van der Waals surface area contributed by atoms with E-state index in [2.05, 4.69) is 30.0 Å². The second-order valence-electron chi connectivity index (χ2n) is 12.3. The van der Waals surface area contributed by atoms with Crippen molar-refractivity contribution < 1.29 is 18.7 Å². The fourth-order valence-electron chi connectivity index (χ4n) is 6.69. The van der Waals surface area contributed by atoms with Crippen LogP contribution < -0.4 is 14.4 Å². The van der Waals surface area contributed by atoms with E-state index in [4.69, 9.17) is 21.1 Å². The molecular weight excluding hydrogens is 609 g/mol. The quantitative estimate of drug-likeness (QED) is 0.227. The van der Waals surface area contributed by atoms with E-state index >= 15 is 0 Å². The van der Waals surface area contributed by atoms with E-state index in [1.54, 1.807) is 4.90 Å². The third kappa shape index (κ3) is 7.20. The van der Waals surface area contributed by atoms with Gasteiger partial charge in [-0.1, -0.05) is 13.8 Å². The average molecular weight is 654 g/mol. The SMILES string of the molecule is CC.CCN(C(=O)c1cc(F)ccc1Oc1nncnc1N1CC2(CC(Oc3ccnc4c3CN(CCCCl)CC4)C2)C1)C(C)C. The Bertz CT molecular complexity index is 1500. The molecule has 2 aliphatic heterocycles. The molecule has 0 bridgehead atoms. The van der Waals surface area contributed by atoms with Crippen molar-refractivity contribution in [2.24, 2.45) is 5.41 Å². The average Bonchev–Trinajstić information content (AvgIpc) is 3.03. The van der Waals surface area contributed by atoms with Gasteiger partial charge in [0, 0.05) is 73.9 Å². The molecule has 1 spiro atoms. The maximum Gasteiger partial charge on any atom is 0.282 e. The van der Waals surface area contributed by atoms with Crippen molar-refractivity contribution in [1.29, 1.82) is 0 Å². The minimum atomic E-state index is -0.514. The summed E-state index contributed by atoms with van der Waals surface area (Å²) in [5.41, 5.74) is 2.61. The van der Waals surface area contributed by atoms with Crippen LogP contribution in [-0.4, -0.2) is 86.6 Å². The van der Waals surface area contributed by atoms with E-state index < -0.39 is 5.82 Å². The minimum Gasteiger partial charge on any atom is -0.490 e. The molecule has 3 aliphatic rings. The van der Waals surface area contributed by atoms with E-state index in [9.17, 15) is 9.18 Å². The number of alkyl halides is 1. The van der Waals surface area contributed by atoms with Gasteiger partial charge in [-0.25, -0.2) is 9.37 Å². The minimum absolute atomic E-state index is 0.0512. The Morgan fingerprint density at radius 2 is 1.96 bits per heavy atom. The number of halogens is 2. The molecule has 46 heavy (non-hydrogen) atoms. The largest absolute Gasteiger partial charge is 0.490 e. The van der Waals surface area contributed by atoms with Crippen LogP contribution in [0.2, 0.25) is 0 Å². The van der Waals surface area contributed by atoms with Crippen LogP contribution in [0.4, 0.5) is 10.2 Å². The Labute approximate surface area is 276 Å². The molecular formula is C34H45ClFN7O3. The zero-order chi connectivity index (χ0) is 32.8. The maximum atomic E-state index is 14.2. The second-order valence-corrected chi connectivity index (χ2v) is 12.7. The number of carbonyl (C=O) groups excluding carboxylic acids is 1. The topological polar surface area (TPSA) is 96.8 Å². The number of nitrogens with zero attached hydrogens (tertiary/aromatic N) is 7. The van der Waals surface area contributed by atoms with Crippen LogP contribution in [0.15, 0.2) is 36.8 Å². The smallest absolute Gasteiger partial charge is 0.282 e. The molecule has 1 saturated carbocycles. The van der Waals surface area contributed by atoms with Crippen LogP contribution in [0.1, 0.15) is 75.5 Å². The highest BCUT2D eigenvalue weighted by Crippen LogP contribution is 2.52. The first-order chi connectivity index (χ1) is 22.3. The lowest BCUT2D eigenvalue weighted by Crippen LogP contribution is -2.65. The molecule has 1 aliphatic carbocycles. The monoisotopic (exact) mass is 653 g/mol. The predicted molar refractivity (Wildman–Crippen MR) is 176 cm³/mol. The lowest BCUT2D eigenvalue weighted by Gasteiger charge is -2.58. The lowest BCUT2D eigenvalue weighted by molar-refractivity contribution is -0.0353. The van der Waals surface area contributed by atoms with Crippen molar-refractivity contribution in [3.63, 3.8) is 0 Å². The highest BCUT2D eigenvalue weighted by molar-refractivity contribution is 6.17. The molecule has 0 atom stereocenters. The molecule has 3 aromatic rings. The van der Waals surface area contributed by atoms with Crippen molar-refractivity contribution in [1.82, 2.24) is 30.0 Å². The summed E-state index contributed by atoms with van der Waals surface area (Å²) in [4.78, 5) is 28.6. The Morgan fingerprint density at radius 3 is 2.67 bits per heavy atom. The highest BCUT2D eigenvalue weighted by atomic mass is 35.5. The van der Waals surface area contributed by atoms with E-state index in [1.807, 2.05) is 46.9 Å². The molecule has 10 nitrogen and oxygen atoms in total. The molecule has 1 aromatic carbocycles. The first kappa shape index (κ1) is 33.8. The number of carbonyl (C=O) groups is 1. The number of rotatable bonds is 11. The summed E-state index contributed by atoms with van der Waals surface area (Å²) in [6.45, 7) is 14.6. The second kappa shape index (κ2) is 14.9. The predicted octanol–water partition coefficient (Wildman–Crippen LogP) is 6.13. The number of pyridine rings is 1. The maximum absolute atomic E-state index is 14.2. The van der Waals surface area contributed by atoms with Crippen LogP contribution in [0, 0.1) is 11.2 Å². The molecule has 0 unspecified atom stereocenters. The summed E-state index contributed by atoms with van der Waals surface area (Å²) < 4.78 is 26.9. The third-order valence-electron chi connectivity index (χ3n) is 8.90. The van der Waals surface area contributed by atoms with Crippen molar-refractivity contribution in [3.05, 3.63) is 59.4 Å². The lowest BCUT2D eigenvalue weighted by atomic mass is 9.61. The molecule has 0 N–H and O–H groups in total. The zero-order valence-electron chi connectivity index (χ0n) is 27.5. The van der Waals surface area contributed by atoms with E-state index in [-0.39, 0.29) is 40.7 Å². The van der Waals surface area contributed by atoms with Crippen LogP contribution >= 0.6 is 11.6 Å². The van der Waals surface area contributed by atoms with Crippen LogP contribution in [0.25, 0.3) is 0 Å². The Hall–Kier alpha value is -3.57. The summed E-state index contributed by atoms with van der Waals surface area (Å²) in [5.74, 6) is 1.74. The van der Waals surface area contributed by atoms with Gasteiger partial charge in [0.2, 0.25) is 0 Å². The van der Waals surface area contributed by atoms with E-state index in [0.717, 1.165) is 69.9 Å². The van der Waals surface area contributed by atoms with Crippen LogP contribution in [0.3, 0.4) is 0 Å². The summed E-state index contributed by atoms with van der Waals surface area (Å²) >= 11 is 5.92. The van der Waals surface area contributed by atoms with Crippen molar-refractivity contribution in [2.75, 3.05) is 43.5 Å². The summed E-state index contributed by atoms with van der Waals surface area (Å²) in [5, 5.41) is 8.11. The van der Waals surface area contributed by atoms with Crippen molar-refractivity contribution >= 4 is 23.3 Å². The number of ether oxygens (including phenoxy) is 2. The van der Waals surface area contributed by atoms with Gasteiger partial charge in [0.15, 0.2) is 5.82 Å². The molecule has 2 fully saturated rings. The summed E-state index contributed by atoms with van der Waals surface area (Å²) in [6, 6.07) is 5.87. The van der Waals surface area contributed by atoms with Gasteiger partial charge in [-0.3, -0.25) is 14.7 Å². The van der Waals surface area contributed by atoms with Gasteiger partial charge in [0.25, 0.3) is 11.8 Å². The van der Waals surface area contributed by atoms with Gasteiger partial charge >= 0.3 is 0 Å². The summed E-state index contributed by atoms with van der Waals surface area (Å²) in [7, 11) is 0. The number of amides is 1. The number of hydrogen-bond acceptors (Lipinski definition) is 9. The molecule has 2 aromatic heterocycles. The van der Waals surface area contributed by atoms with Gasteiger partial charge in [0.05, 0.1) is 5.56 Å². The first-order valence-corrected chi connectivity index (χ1v) is 17.0. The molecule has 1 amide bonds. The number of hydrogen-bond donors (Lipinski definition) is 0. The van der Waals surface area contributed by atoms with Gasteiger partial charge in [-0.15, -0.1) is 21.8 Å². The van der Waals surface area contributed by atoms with Crippen molar-refractivity contribution in [2.45, 2.75) is 79.0 Å². The Balaban J connectivity index is 0.00000204. The van der Waals surface area contributed by atoms with Gasteiger partial charge < -0.3 is 19.3 Å². The zero-order valence-corrected chi connectivity index (χ0v) is 28.3. The van der Waals surface area contributed by atoms with E-state index in [0.29, 0.717) is 18.2 Å². The molecule has 0 radical (unpaired) electrons.